The molecule has 2 N–H and O–H groups in total. The molecule has 2 aliphatic heterocycles. The topological polar surface area (TPSA) is 59.6 Å². The Balaban J connectivity index is 1.91. The average Bonchev–Trinajstić information content (AvgIpc) is 2.13. The molecule has 0 saturated carbocycles. The van der Waals surface area contributed by atoms with Crippen molar-refractivity contribution in [2.24, 2.45) is 11.8 Å². The van der Waals surface area contributed by atoms with Crippen LogP contribution in [0.5, 0.6) is 0 Å². The SMILES string of the molecule is CC(C)(C)OC(=O)NC1C2CNCC1COC2. The highest BCUT2D eigenvalue weighted by atomic mass is 16.6. The fraction of sp³-hybridized carbons (Fsp3) is 0.917. The molecule has 5 heteroatoms. The number of piperidine rings is 1. The van der Waals surface area contributed by atoms with Gasteiger partial charge in [-0.3, -0.25) is 0 Å². The van der Waals surface area contributed by atoms with Gasteiger partial charge in [0.15, 0.2) is 0 Å². The summed E-state index contributed by atoms with van der Waals surface area (Å²) in [6.07, 6.45) is -0.318. The van der Waals surface area contributed by atoms with Crippen LogP contribution in [0.15, 0.2) is 0 Å². The van der Waals surface area contributed by atoms with Crippen LogP contribution in [-0.2, 0) is 9.47 Å². The Kier molecular flexibility index (Phi) is 3.58. The smallest absolute Gasteiger partial charge is 0.407 e. The third-order valence-electron chi connectivity index (χ3n) is 3.18. The molecule has 2 unspecified atom stereocenters. The van der Waals surface area contributed by atoms with E-state index in [0.29, 0.717) is 25.0 Å². The summed E-state index contributed by atoms with van der Waals surface area (Å²) < 4.78 is 10.8. The summed E-state index contributed by atoms with van der Waals surface area (Å²) in [6, 6.07) is 0.180. The van der Waals surface area contributed by atoms with Gasteiger partial charge < -0.3 is 20.1 Å². The summed E-state index contributed by atoms with van der Waals surface area (Å²) in [6.45, 7) is 8.85. The van der Waals surface area contributed by atoms with E-state index in [-0.39, 0.29) is 12.1 Å². The zero-order valence-electron chi connectivity index (χ0n) is 10.8. The van der Waals surface area contributed by atoms with Crippen LogP contribution in [0.4, 0.5) is 4.79 Å². The summed E-state index contributed by atoms with van der Waals surface area (Å²) in [5.74, 6) is 0.713. The summed E-state index contributed by atoms with van der Waals surface area (Å²) in [5.41, 5.74) is -0.442. The van der Waals surface area contributed by atoms with E-state index >= 15 is 0 Å². The Morgan fingerprint density at radius 1 is 1.29 bits per heavy atom. The number of fused-ring (bicyclic) bond motifs is 2. The lowest BCUT2D eigenvalue weighted by atomic mass is 9.83. The number of carbonyl (C=O) groups is 1. The van der Waals surface area contributed by atoms with Crippen LogP contribution in [-0.4, -0.2) is 44.0 Å². The van der Waals surface area contributed by atoms with Crippen molar-refractivity contribution in [3.8, 4) is 0 Å². The highest BCUT2D eigenvalue weighted by molar-refractivity contribution is 5.68. The molecule has 0 aromatic heterocycles. The maximum atomic E-state index is 11.8. The van der Waals surface area contributed by atoms with Crippen molar-refractivity contribution >= 4 is 6.09 Å². The molecule has 2 aliphatic rings. The Morgan fingerprint density at radius 2 is 1.88 bits per heavy atom. The van der Waals surface area contributed by atoms with Crippen molar-refractivity contribution < 1.29 is 14.3 Å². The second-order valence-electron chi connectivity index (χ2n) is 5.89. The molecule has 98 valence electrons. The Morgan fingerprint density at radius 3 is 2.41 bits per heavy atom. The first-order valence-corrected chi connectivity index (χ1v) is 6.24. The Hall–Kier alpha value is -0.810. The van der Waals surface area contributed by atoms with Crippen LogP contribution in [0.3, 0.4) is 0 Å². The minimum absolute atomic E-state index is 0.180. The van der Waals surface area contributed by atoms with Gasteiger partial charge in [0.2, 0.25) is 0 Å². The van der Waals surface area contributed by atoms with E-state index < -0.39 is 5.60 Å². The molecule has 2 atom stereocenters. The minimum atomic E-state index is -0.442. The van der Waals surface area contributed by atoms with Gasteiger partial charge in [-0.1, -0.05) is 0 Å². The van der Waals surface area contributed by atoms with Gasteiger partial charge in [-0.2, -0.15) is 0 Å². The lowest BCUT2D eigenvalue weighted by molar-refractivity contribution is -0.0308. The van der Waals surface area contributed by atoms with Crippen LogP contribution >= 0.6 is 0 Å². The monoisotopic (exact) mass is 242 g/mol. The largest absolute Gasteiger partial charge is 0.444 e. The summed E-state index contributed by atoms with van der Waals surface area (Å²) >= 11 is 0. The van der Waals surface area contributed by atoms with Gasteiger partial charge in [0.05, 0.1) is 13.2 Å². The van der Waals surface area contributed by atoms with E-state index in [1.165, 1.54) is 0 Å². The van der Waals surface area contributed by atoms with Crippen LogP contribution in [0.2, 0.25) is 0 Å². The van der Waals surface area contributed by atoms with E-state index in [1.807, 2.05) is 20.8 Å². The molecule has 2 saturated heterocycles. The second kappa shape index (κ2) is 4.82. The number of hydrogen-bond acceptors (Lipinski definition) is 4. The molecule has 2 fully saturated rings. The van der Waals surface area contributed by atoms with Gasteiger partial charge in [0, 0.05) is 31.0 Å². The first-order valence-electron chi connectivity index (χ1n) is 6.24. The third-order valence-corrected chi connectivity index (χ3v) is 3.18. The normalized spacial score (nSPS) is 33.0. The summed E-state index contributed by atoms with van der Waals surface area (Å²) in [7, 11) is 0. The van der Waals surface area contributed by atoms with E-state index in [4.69, 9.17) is 9.47 Å². The summed E-state index contributed by atoms with van der Waals surface area (Å²) in [5, 5.41) is 6.36. The molecule has 2 bridgehead atoms. The first-order chi connectivity index (χ1) is 7.96. The molecule has 5 nitrogen and oxygen atoms in total. The third kappa shape index (κ3) is 3.33. The molecule has 2 heterocycles. The molecular weight excluding hydrogens is 220 g/mol. The molecular formula is C12H22N2O3. The molecule has 0 aromatic carbocycles. The predicted octanol–water partition coefficient (Wildman–Crippen LogP) is 0.746. The van der Waals surface area contributed by atoms with Gasteiger partial charge in [-0.05, 0) is 20.8 Å². The highest BCUT2D eigenvalue weighted by Crippen LogP contribution is 2.23. The maximum Gasteiger partial charge on any atom is 0.407 e. The number of rotatable bonds is 1. The van der Waals surface area contributed by atoms with Crippen LogP contribution < -0.4 is 10.6 Å². The number of hydrogen-bond donors (Lipinski definition) is 2. The zero-order valence-corrected chi connectivity index (χ0v) is 10.8. The number of amides is 1. The average molecular weight is 242 g/mol. The van der Waals surface area contributed by atoms with E-state index in [1.54, 1.807) is 0 Å². The predicted molar refractivity (Wildman–Crippen MR) is 63.8 cm³/mol. The molecule has 0 radical (unpaired) electrons. The molecule has 0 aliphatic carbocycles. The van der Waals surface area contributed by atoms with Gasteiger partial charge in [-0.15, -0.1) is 0 Å². The molecule has 1 amide bonds. The number of carbonyl (C=O) groups excluding carboxylic acids is 1. The Bertz CT molecular complexity index is 266. The highest BCUT2D eigenvalue weighted by Gasteiger charge is 2.38. The van der Waals surface area contributed by atoms with Crippen molar-refractivity contribution in [3.05, 3.63) is 0 Å². The number of nitrogens with one attached hydrogen (secondary N) is 2. The maximum absolute atomic E-state index is 11.8. The molecule has 2 rings (SSSR count). The van der Waals surface area contributed by atoms with Gasteiger partial charge in [0.1, 0.15) is 5.60 Å². The summed E-state index contributed by atoms with van der Waals surface area (Å²) in [4.78, 5) is 11.8. The zero-order chi connectivity index (χ0) is 12.5. The number of alkyl carbamates (subject to hydrolysis) is 1. The van der Waals surface area contributed by atoms with Crippen LogP contribution in [0.25, 0.3) is 0 Å². The van der Waals surface area contributed by atoms with Crippen molar-refractivity contribution in [2.75, 3.05) is 26.3 Å². The quantitative estimate of drug-likeness (QED) is 0.712. The van der Waals surface area contributed by atoms with E-state index in [9.17, 15) is 4.79 Å². The lowest BCUT2D eigenvalue weighted by Gasteiger charge is -2.42. The fourth-order valence-corrected chi connectivity index (χ4v) is 2.47. The minimum Gasteiger partial charge on any atom is -0.444 e. The van der Waals surface area contributed by atoms with Gasteiger partial charge in [0.25, 0.3) is 0 Å². The van der Waals surface area contributed by atoms with Crippen molar-refractivity contribution in [2.45, 2.75) is 32.4 Å². The molecule has 0 aromatic rings. The molecule has 0 spiro atoms. The second-order valence-corrected chi connectivity index (χ2v) is 5.89. The van der Waals surface area contributed by atoms with Crippen LogP contribution in [0, 0.1) is 11.8 Å². The van der Waals surface area contributed by atoms with E-state index in [0.717, 1.165) is 13.1 Å². The van der Waals surface area contributed by atoms with E-state index in [2.05, 4.69) is 10.6 Å². The van der Waals surface area contributed by atoms with Gasteiger partial charge >= 0.3 is 6.09 Å². The fourth-order valence-electron chi connectivity index (χ4n) is 2.47. The lowest BCUT2D eigenvalue weighted by Crippen LogP contribution is -2.60. The standard InChI is InChI=1S/C12H22N2O3/c1-12(2,3)17-11(15)14-10-8-4-13-5-9(10)7-16-6-8/h8-10,13H,4-7H2,1-3H3,(H,14,15). The number of ether oxygens (including phenoxy) is 2. The van der Waals surface area contributed by atoms with Gasteiger partial charge in [-0.25, -0.2) is 4.79 Å². The Labute approximate surface area is 102 Å². The first kappa shape index (κ1) is 12.6. The van der Waals surface area contributed by atoms with Crippen molar-refractivity contribution in [1.82, 2.24) is 10.6 Å². The van der Waals surface area contributed by atoms with Crippen LogP contribution in [0.1, 0.15) is 20.8 Å². The van der Waals surface area contributed by atoms with Crippen molar-refractivity contribution in [1.29, 1.82) is 0 Å². The van der Waals surface area contributed by atoms with Crippen molar-refractivity contribution in [3.63, 3.8) is 0 Å². The molecule has 17 heavy (non-hydrogen) atoms.